The molecule has 0 bridgehead atoms. The number of para-hydroxylation sites is 1. The van der Waals surface area contributed by atoms with E-state index in [2.05, 4.69) is 28.5 Å². The van der Waals surface area contributed by atoms with Crippen molar-refractivity contribution in [2.45, 2.75) is 44.2 Å². The lowest BCUT2D eigenvalue weighted by molar-refractivity contribution is -0.703. The number of benzene rings is 3. The number of hydrogen-bond donors (Lipinski definition) is 1. The minimum atomic E-state index is -0.849. The first-order valence-electron chi connectivity index (χ1n) is 12.8. The number of nitrogens with zero attached hydrogens (tertiary/aromatic N) is 2. The fourth-order valence-corrected chi connectivity index (χ4v) is 6.05. The molecule has 6 heteroatoms. The van der Waals surface area contributed by atoms with Crippen LogP contribution in [0.5, 0.6) is 5.75 Å². The number of nitrogens with two attached hydrogens (primary N) is 1. The molecule has 0 aliphatic heterocycles. The molecule has 1 fully saturated rings. The zero-order valence-electron chi connectivity index (χ0n) is 21.2. The van der Waals surface area contributed by atoms with E-state index in [1.54, 1.807) is 0 Å². The minimum Gasteiger partial charge on any atom is -1.00 e. The van der Waals surface area contributed by atoms with Gasteiger partial charge in [0, 0.05) is 6.92 Å². The van der Waals surface area contributed by atoms with E-state index in [1.165, 1.54) is 5.82 Å². The Morgan fingerprint density at radius 1 is 0.946 bits per heavy atom. The van der Waals surface area contributed by atoms with E-state index in [4.69, 9.17) is 10.5 Å². The summed E-state index contributed by atoms with van der Waals surface area (Å²) < 4.78 is 10.5. The summed E-state index contributed by atoms with van der Waals surface area (Å²) in [5, 5.41) is 0. The highest BCUT2D eigenvalue weighted by atomic mass is 79.9. The van der Waals surface area contributed by atoms with E-state index >= 15 is 0 Å². The van der Waals surface area contributed by atoms with Crippen LogP contribution in [-0.4, -0.2) is 17.1 Å². The van der Waals surface area contributed by atoms with Crippen LogP contribution < -0.4 is 32.0 Å². The Morgan fingerprint density at radius 2 is 1.51 bits per heavy atom. The number of amides is 1. The zero-order chi connectivity index (χ0) is 25.0. The van der Waals surface area contributed by atoms with E-state index in [9.17, 15) is 4.79 Å². The van der Waals surface area contributed by atoms with Gasteiger partial charge < -0.3 is 27.5 Å². The Labute approximate surface area is 229 Å². The van der Waals surface area contributed by atoms with Crippen LogP contribution in [0.2, 0.25) is 0 Å². The third-order valence-corrected chi connectivity index (χ3v) is 7.80. The van der Waals surface area contributed by atoms with Crippen molar-refractivity contribution < 1.29 is 31.1 Å². The highest BCUT2D eigenvalue weighted by Gasteiger charge is 2.51. The van der Waals surface area contributed by atoms with Crippen molar-refractivity contribution in [3.63, 3.8) is 0 Å². The maximum Gasteiger partial charge on any atom is 0.253 e. The highest BCUT2D eigenvalue weighted by molar-refractivity contribution is 5.91. The first-order chi connectivity index (χ1) is 17.6. The van der Waals surface area contributed by atoms with Gasteiger partial charge in [-0.2, -0.15) is 0 Å². The quantitative estimate of drug-likeness (QED) is 0.319. The van der Waals surface area contributed by atoms with Crippen LogP contribution in [-0.2, 0) is 16.8 Å². The standard InChI is InChI=1S/C31H33N3O2.BrH/c1-24-33(21-22-36-29-15-9-4-10-16-29)19-20-34(24)28-18-17-27(23-28)31(30(32)35,25-11-5-2-6-12-25)26-13-7-3-8-14-26;/h2-16,19-20,27-28H,17-18,21-23H2,1H3,(H-,32,35);1H/t27-,28+;/m0./s1. The normalized spacial score (nSPS) is 17.2. The fraction of sp³-hybridized carbons (Fsp3) is 0.290. The second-order valence-electron chi connectivity index (χ2n) is 9.68. The zero-order valence-corrected chi connectivity index (χ0v) is 22.8. The van der Waals surface area contributed by atoms with Gasteiger partial charge in [-0.1, -0.05) is 78.9 Å². The number of primary amides is 1. The molecule has 5 rings (SSSR count). The van der Waals surface area contributed by atoms with Gasteiger partial charge in [-0.3, -0.25) is 4.79 Å². The molecule has 192 valence electrons. The molecule has 2 atom stereocenters. The molecule has 3 aromatic carbocycles. The lowest BCUT2D eigenvalue weighted by Gasteiger charge is -2.37. The molecule has 2 N–H and O–H groups in total. The van der Waals surface area contributed by atoms with E-state index in [-0.39, 0.29) is 28.8 Å². The summed E-state index contributed by atoms with van der Waals surface area (Å²) in [5.41, 5.74) is 7.38. The van der Waals surface area contributed by atoms with E-state index in [0.29, 0.717) is 12.6 Å². The Hall–Kier alpha value is -3.38. The van der Waals surface area contributed by atoms with Crippen LogP contribution in [0.1, 0.15) is 42.3 Å². The minimum absolute atomic E-state index is 0. The lowest BCUT2D eigenvalue weighted by Crippen LogP contribution is -3.00. The third kappa shape index (κ3) is 5.21. The van der Waals surface area contributed by atoms with E-state index < -0.39 is 5.41 Å². The summed E-state index contributed by atoms with van der Waals surface area (Å²) in [6, 6.07) is 30.4. The van der Waals surface area contributed by atoms with Gasteiger partial charge in [-0.05, 0) is 48.4 Å². The predicted molar refractivity (Wildman–Crippen MR) is 141 cm³/mol. The molecule has 1 saturated carbocycles. The summed E-state index contributed by atoms with van der Waals surface area (Å²) in [6.07, 6.45) is 7.14. The molecule has 1 aromatic heterocycles. The van der Waals surface area contributed by atoms with Crippen molar-refractivity contribution >= 4 is 5.91 Å². The molecule has 1 amide bonds. The van der Waals surface area contributed by atoms with Gasteiger partial charge in [-0.15, -0.1) is 0 Å². The summed E-state index contributed by atoms with van der Waals surface area (Å²) in [4.78, 5) is 13.4. The maximum atomic E-state index is 13.4. The predicted octanol–water partition coefficient (Wildman–Crippen LogP) is 1.98. The highest BCUT2D eigenvalue weighted by Crippen LogP contribution is 2.49. The van der Waals surface area contributed by atoms with Gasteiger partial charge >= 0.3 is 0 Å². The number of carbonyl (C=O) groups is 1. The van der Waals surface area contributed by atoms with Crippen molar-refractivity contribution in [1.82, 2.24) is 4.57 Å². The van der Waals surface area contributed by atoms with Crippen LogP contribution in [0.3, 0.4) is 0 Å². The Balaban J connectivity index is 0.00000320. The van der Waals surface area contributed by atoms with Gasteiger partial charge in [0.05, 0.1) is 0 Å². The number of halogens is 1. The summed E-state index contributed by atoms with van der Waals surface area (Å²) in [5.74, 6) is 1.92. The van der Waals surface area contributed by atoms with Crippen molar-refractivity contribution in [3.05, 3.63) is 120 Å². The third-order valence-electron chi connectivity index (χ3n) is 7.80. The topological polar surface area (TPSA) is 61.1 Å². The SMILES string of the molecule is Cc1n([C@@H]2CC[C@H](C(C(N)=O)(c3ccccc3)c3ccccc3)C2)cc[n+]1CCOc1ccccc1.[Br-]. The molecular weight excluding hydrogens is 526 g/mol. The number of carbonyl (C=O) groups excluding carboxylic acids is 1. The molecular formula is C31H34BrN3O2. The van der Waals surface area contributed by atoms with E-state index in [0.717, 1.165) is 42.7 Å². The second-order valence-corrected chi connectivity index (χ2v) is 9.68. The van der Waals surface area contributed by atoms with E-state index in [1.807, 2.05) is 91.0 Å². The Bertz CT molecular complexity index is 1250. The Kier molecular flexibility index (Phi) is 8.49. The number of hydrogen-bond acceptors (Lipinski definition) is 2. The summed E-state index contributed by atoms with van der Waals surface area (Å²) >= 11 is 0. The number of ether oxygens (including phenoxy) is 1. The van der Waals surface area contributed by atoms with Gasteiger partial charge in [0.25, 0.3) is 5.82 Å². The van der Waals surface area contributed by atoms with Crippen LogP contribution in [0.25, 0.3) is 0 Å². The van der Waals surface area contributed by atoms with Crippen molar-refractivity contribution in [1.29, 1.82) is 0 Å². The van der Waals surface area contributed by atoms with Gasteiger partial charge in [0.2, 0.25) is 5.91 Å². The largest absolute Gasteiger partial charge is 1.00 e. The van der Waals surface area contributed by atoms with Crippen LogP contribution in [0, 0.1) is 12.8 Å². The second kappa shape index (κ2) is 11.8. The van der Waals surface area contributed by atoms with Gasteiger partial charge in [-0.25, -0.2) is 9.13 Å². The molecule has 1 heterocycles. The van der Waals surface area contributed by atoms with Crippen molar-refractivity contribution in [2.24, 2.45) is 11.7 Å². The van der Waals surface area contributed by atoms with Crippen LogP contribution >= 0.6 is 0 Å². The molecule has 1 aliphatic carbocycles. The monoisotopic (exact) mass is 559 g/mol. The summed E-state index contributed by atoms with van der Waals surface area (Å²) in [7, 11) is 0. The smallest absolute Gasteiger partial charge is 0.253 e. The first-order valence-corrected chi connectivity index (χ1v) is 12.8. The first kappa shape index (κ1) is 26.7. The molecule has 0 saturated heterocycles. The maximum absolute atomic E-state index is 13.4. The van der Waals surface area contributed by atoms with Gasteiger partial charge in [0.1, 0.15) is 42.8 Å². The van der Waals surface area contributed by atoms with Crippen LogP contribution in [0.4, 0.5) is 0 Å². The van der Waals surface area contributed by atoms with Gasteiger partial charge in [0.15, 0.2) is 0 Å². The molecule has 5 nitrogen and oxygen atoms in total. The molecule has 0 spiro atoms. The Morgan fingerprint density at radius 3 is 2.08 bits per heavy atom. The molecule has 37 heavy (non-hydrogen) atoms. The molecule has 0 radical (unpaired) electrons. The van der Waals surface area contributed by atoms with Crippen molar-refractivity contribution in [3.8, 4) is 5.75 Å². The fourth-order valence-electron chi connectivity index (χ4n) is 6.05. The average molecular weight is 561 g/mol. The molecule has 4 aromatic rings. The van der Waals surface area contributed by atoms with Crippen molar-refractivity contribution in [2.75, 3.05) is 6.61 Å². The summed E-state index contributed by atoms with van der Waals surface area (Å²) in [6.45, 7) is 3.55. The number of aromatic nitrogens is 2. The average Bonchev–Trinajstić information content (AvgIpc) is 3.53. The van der Waals surface area contributed by atoms with Crippen LogP contribution in [0.15, 0.2) is 103 Å². The molecule has 1 aliphatic rings. The molecule has 0 unspecified atom stereocenters. The number of rotatable bonds is 9. The lowest BCUT2D eigenvalue weighted by atomic mass is 9.64. The number of imidazole rings is 1.